The first-order chi connectivity index (χ1) is 5.11. The van der Waals surface area contributed by atoms with Crippen LogP contribution in [-0.2, 0) is 4.79 Å². The number of β-amino-alcohol motifs (C(OH)–C–C–N with tert-alkyl or cyclic N) is 1. The minimum Gasteiger partial charge on any atom is -0.391 e. The maximum Gasteiger partial charge on any atom is 0.239 e. The molecule has 1 saturated heterocycles. The molecule has 0 aromatic carbocycles. The number of hydrogen-bond acceptors (Lipinski definition) is 3. The Kier molecular flexibility index (Phi) is 2.46. The highest BCUT2D eigenvalue weighted by molar-refractivity contribution is 5.81. The van der Waals surface area contributed by atoms with E-state index in [2.05, 4.69) is 0 Å². The number of nitrogens with zero attached hydrogens (tertiary/aromatic N) is 1. The summed E-state index contributed by atoms with van der Waals surface area (Å²) in [6.45, 7) is 2.74. The van der Waals surface area contributed by atoms with E-state index in [1.54, 1.807) is 11.8 Å². The van der Waals surface area contributed by atoms with Crippen LogP contribution < -0.4 is 5.73 Å². The molecule has 0 spiro atoms. The lowest BCUT2D eigenvalue weighted by atomic mass is 10.3. The molecule has 1 heterocycles. The van der Waals surface area contributed by atoms with Gasteiger partial charge in [0.25, 0.3) is 0 Å². The second kappa shape index (κ2) is 3.19. The number of aliphatic hydroxyl groups excluding tert-OH is 1. The normalized spacial score (nSPS) is 27.2. The molecule has 0 unspecified atom stereocenters. The van der Waals surface area contributed by atoms with Gasteiger partial charge in [0.15, 0.2) is 0 Å². The molecule has 4 heteroatoms. The van der Waals surface area contributed by atoms with Crippen molar-refractivity contribution in [1.82, 2.24) is 4.90 Å². The fraction of sp³-hybridized carbons (Fsp3) is 0.857. The van der Waals surface area contributed by atoms with Crippen molar-refractivity contribution in [3.63, 3.8) is 0 Å². The maximum absolute atomic E-state index is 11.2. The summed E-state index contributed by atoms with van der Waals surface area (Å²) >= 11 is 0. The largest absolute Gasteiger partial charge is 0.391 e. The van der Waals surface area contributed by atoms with Gasteiger partial charge in [-0.05, 0) is 13.3 Å². The highest BCUT2D eigenvalue weighted by atomic mass is 16.3. The fourth-order valence-electron chi connectivity index (χ4n) is 1.23. The van der Waals surface area contributed by atoms with E-state index < -0.39 is 6.04 Å². The SMILES string of the molecule is C[C@H](N)C(=O)N1CC[C@H](O)C1. The van der Waals surface area contributed by atoms with Crippen LogP contribution in [0.25, 0.3) is 0 Å². The van der Waals surface area contributed by atoms with Gasteiger partial charge in [0.05, 0.1) is 12.1 Å². The van der Waals surface area contributed by atoms with Crippen LogP contribution in [-0.4, -0.2) is 41.1 Å². The smallest absolute Gasteiger partial charge is 0.239 e. The first-order valence-electron chi connectivity index (χ1n) is 3.83. The van der Waals surface area contributed by atoms with Crippen LogP contribution in [0.3, 0.4) is 0 Å². The number of aliphatic hydroxyl groups is 1. The van der Waals surface area contributed by atoms with Crippen molar-refractivity contribution in [2.45, 2.75) is 25.5 Å². The predicted molar refractivity (Wildman–Crippen MR) is 40.9 cm³/mol. The average Bonchev–Trinajstić information content (AvgIpc) is 2.34. The number of amides is 1. The summed E-state index contributed by atoms with van der Waals surface area (Å²) in [6.07, 6.45) is 0.330. The van der Waals surface area contributed by atoms with Crippen molar-refractivity contribution in [3.8, 4) is 0 Å². The zero-order valence-corrected chi connectivity index (χ0v) is 6.66. The van der Waals surface area contributed by atoms with E-state index in [9.17, 15) is 4.79 Å². The van der Waals surface area contributed by atoms with E-state index in [1.165, 1.54) is 0 Å². The molecule has 1 aliphatic heterocycles. The third-order valence-corrected chi connectivity index (χ3v) is 1.86. The van der Waals surface area contributed by atoms with Gasteiger partial charge in [-0.25, -0.2) is 0 Å². The third-order valence-electron chi connectivity index (χ3n) is 1.86. The summed E-state index contributed by atoms with van der Waals surface area (Å²) in [5.41, 5.74) is 5.39. The summed E-state index contributed by atoms with van der Waals surface area (Å²) in [7, 11) is 0. The molecule has 11 heavy (non-hydrogen) atoms. The number of nitrogens with two attached hydrogens (primary N) is 1. The van der Waals surface area contributed by atoms with Crippen molar-refractivity contribution in [2.24, 2.45) is 5.73 Å². The number of hydrogen-bond donors (Lipinski definition) is 2. The fourth-order valence-corrected chi connectivity index (χ4v) is 1.23. The van der Waals surface area contributed by atoms with Gasteiger partial charge in [0.2, 0.25) is 5.91 Å². The molecule has 1 amide bonds. The van der Waals surface area contributed by atoms with E-state index in [-0.39, 0.29) is 12.0 Å². The van der Waals surface area contributed by atoms with Crippen LogP contribution >= 0.6 is 0 Å². The van der Waals surface area contributed by atoms with Crippen molar-refractivity contribution < 1.29 is 9.90 Å². The van der Waals surface area contributed by atoms with Crippen LogP contribution in [0, 0.1) is 0 Å². The summed E-state index contributed by atoms with van der Waals surface area (Å²) in [6, 6.07) is -0.444. The predicted octanol–water partition coefficient (Wildman–Crippen LogP) is -1.07. The number of carbonyl (C=O) groups is 1. The Balaban J connectivity index is 2.43. The Morgan fingerprint density at radius 1 is 1.82 bits per heavy atom. The molecule has 1 rings (SSSR count). The molecule has 4 nitrogen and oxygen atoms in total. The zero-order chi connectivity index (χ0) is 8.43. The van der Waals surface area contributed by atoms with Crippen molar-refractivity contribution in [3.05, 3.63) is 0 Å². The van der Waals surface area contributed by atoms with Crippen molar-refractivity contribution in [1.29, 1.82) is 0 Å². The van der Waals surface area contributed by atoms with Crippen LogP contribution in [0.15, 0.2) is 0 Å². The topological polar surface area (TPSA) is 66.6 Å². The summed E-state index contributed by atoms with van der Waals surface area (Å²) in [5, 5.41) is 9.10. The van der Waals surface area contributed by atoms with E-state index in [1.807, 2.05) is 0 Å². The van der Waals surface area contributed by atoms with E-state index in [0.29, 0.717) is 19.5 Å². The van der Waals surface area contributed by atoms with Gasteiger partial charge in [0.1, 0.15) is 0 Å². The molecule has 0 saturated carbocycles. The van der Waals surface area contributed by atoms with Crippen LogP contribution in [0.1, 0.15) is 13.3 Å². The molecule has 0 bridgehead atoms. The molecular weight excluding hydrogens is 144 g/mol. The van der Waals surface area contributed by atoms with E-state index in [0.717, 1.165) is 0 Å². The maximum atomic E-state index is 11.2. The van der Waals surface area contributed by atoms with Crippen LogP contribution in [0.4, 0.5) is 0 Å². The average molecular weight is 158 g/mol. The van der Waals surface area contributed by atoms with Gasteiger partial charge in [-0.1, -0.05) is 0 Å². The molecular formula is C7H14N2O2. The Morgan fingerprint density at radius 3 is 2.82 bits per heavy atom. The van der Waals surface area contributed by atoms with Crippen LogP contribution in [0.5, 0.6) is 0 Å². The lowest BCUT2D eigenvalue weighted by molar-refractivity contribution is -0.131. The summed E-state index contributed by atoms with van der Waals surface area (Å²) in [5.74, 6) is -0.0680. The molecule has 1 fully saturated rings. The summed E-state index contributed by atoms with van der Waals surface area (Å²) < 4.78 is 0. The van der Waals surface area contributed by atoms with Gasteiger partial charge in [-0.2, -0.15) is 0 Å². The van der Waals surface area contributed by atoms with Crippen molar-refractivity contribution >= 4 is 5.91 Å². The molecule has 0 radical (unpaired) electrons. The number of likely N-dealkylation sites (tertiary alicyclic amines) is 1. The Bertz CT molecular complexity index is 159. The molecule has 2 atom stereocenters. The van der Waals surface area contributed by atoms with E-state index >= 15 is 0 Å². The molecule has 0 aromatic rings. The lowest BCUT2D eigenvalue weighted by Crippen LogP contribution is -2.41. The molecule has 1 aliphatic rings. The monoisotopic (exact) mass is 158 g/mol. The van der Waals surface area contributed by atoms with E-state index in [4.69, 9.17) is 10.8 Å². The number of rotatable bonds is 1. The molecule has 0 aliphatic carbocycles. The van der Waals surface area contributed by atoms with Gasteiger partial charge < -0.3 is 15.7 Å². The highest BCUT2D eigenvalue weighted by Crippen LogP contribution is 2.09. The standard InChI is InChI=1S/C7H14N2O2/c1-5(8)7(11)9-3-2-6(10)4-9/h5-6,10H,2-4,8H2,1H3/t5-,6-/m0/s1. The third kappa shape index (κ3) is 1.91. The van der Waals surface area contributed by atoms with Crippen molar-refractivity contribution in [2.75, 3.05) is 13.1 Å². The molecule has 3 N–H and O–H groups in total. The first-order valence-corrected chi connectivity index (χ1v) is 3.83. The Labute approximate surface area is 66.0 Å². The summed E-state index contributed by atoms with van der Waals surface area (Å²) in [4.78, 5) is 12.8. The van der Waals surface area contributed by atoms with Gasteiger partial charge >= 0.3 is 0 Å². The minimum atomic E-state index is -0.444. The highest BCUT2D eigenvalue weighted by Gasteiger charge is 2.25. The number of carbonyl (C=O) groups excluding carboxylic acids is 1. The molecule has 64 valence electrons. The first kappa shape index (κ1) is 8.49. The quantitative estimate of drug-likeness (QED) is 0.510. The lowest BCUT2D eigenvalue weighted by Gasteiger charge is -2.17. The second-order valence-corrected chi connectivity index (χ2v) is 3.02. The van der Waals surface area contributed by atoms with Gasteiger partial charge in [0, 0.05) is 13.1 Å². The van der Waals surface area contributed by atoms with Gasteiger partial charge in [-0.3, -0.25) is 4.79 Å². The minimum absolute atomic E-state index is 0.0680. The Hall–Kier alpha value is -0.610. The van der Waals surface area contributed by atoms with Gasteiger partial charge in [-0.15, -0.1) is 0 Å². The molecule has 0 aromatic heterocycles. The second-order valence-electron chi connectivity index (χ2n) is 3.02. The Morgan fingerprint density at radius 2 is 2.45 bits per heavy atom. The van der Waals surface area contributed by atoms with Crippen LogP contribution in [0.2, 0.25) is 0 Å². The zero-order valence-electron chi connectivity index (χ0n) is 6.66.